The molecule has 1 N–H and O–H groups in total. The SMILES string of the molecule is CC1CNCCN1CCCCC#N. The molecule has 0 aliphatic carbocycles. The van der Waals surface area contributed by atoms with Gasteiger partial charge in [0.15, 0.2) is 0 Å². The topological polar surface area (TPSA) is 39.1 Å². The summed E-state index contributed by atoms with van der Waals surface area (Å²) >= 11 is 0. The van der Waals surface area contributed by atoms with Crippen LogP contribution in [0.5, 0.6) is 0 Å². The molecule has 13 heavy (non-hydrogen) atoms. The molecule has 1 rings (SSSR count). The molecule has 74 valence electrons. The average molecular weight is 181 g/mol. The number of nitriles is 1. The zero-order valence-electron chi connectivity index (χ0n) is 8.42. The molecule has 1 heterocycles. The van der Waals surface area contributed by atoms with Gasteiger partial charge in [-0.25, -0.2) is 0 Å². The van der Waals surface area contributed by atoms with E-state index >= 15 is 0 Å². The fraction of sp³-hybridized carbons (Fsp3) is 0.900. The van der Waals surface area contributed by atoms with Crippen molar-refractivity contribution in [2.45, 2.75) is 32.2 Å². The van der Waals surface area contributed by atoms with E-state index in [9.17, 15) is 0 Å². The molecule has 3 nitrogen and oxygen atoms in total. The van der Waals surface area contributed by atoms with Crippen molar-refractivity contribution in [3.63, 3.8) is 0 Å². The van der Waals surface area contributed by atoms with E-state index in [1.165, 1.54) is 0 Å². The van der Waals surface area contributed by atoms with E-state index in [0.29, 0.717) is 12.5 Å². The number of rotatable bonds is 4. The molecule has 0 radical (unpaired) electrons. The van der Waals surface area contributed by atoms with Crippen LogP contribution in [0, 0.1) is 11.3 Å². The van der Waals surface area contributed by atoms with Crippen LogP contribution in [0.1, 0.15) is 26.2 Å². The van der Waals surface area contributed by atoms with Gasteiger partial charge in [0.2, 0.25) is 0 Å². The fourth-order valence-corrected chi connectivity index (χ4v) is 1.73. The first-order valence-corrected chi connectivity index (χ1v) is 5.16. The lowest BCUT2D eigenvalue weighted by atomic mass is 10.2. The summed E-state index contributed by atoms with van der Waals surface area (Å²) in [6.45, 7) is 6.80. The molecule has 1 atom stereocenters. The number of nitrogens with one attached hydrogen (secondary N) is 1. The van der Waals surface area contributed by atoms with Crippen LogP contribution < -0.4 is 5.32 Å². The molecule has 0 aromatic heterocycles. The Bertz CT molecular complexity index is 173. The van der Waals surface area contributed by atoms with E-state index < -0.39 is 0 Å². The van der Waals surface area contributed by atoms with Crippen LogP contribution in [0.2, 0.25) is 0 Å². The Morgan fingerprint density at radius 1 is 1.54 bits per heavy atom. The zero-order valence-corrected chi connectivity index (χ0v) is 8.42. The van der Waals surface area contributed by atoms with E-state index in [4.69, 9.17) is 5.26 Å². The smallest absolute Gasteiger partial charge is 0.0621 e. The summed E-state index contributed by atoms with van der Waals surface area (Å²) < 4.78 is 0. The van der Waals surface area contributed by atoms with Gasteiger partial charge in [0, 0.05) is 32.1 Å². The van der Waals surface area contributed by atoms with Crippen molar-refractivity contribution in [3.8, 4) is 6.07 Å². The molecule has 0 bridgehead atoms. The Hall–Kier alpha value is -0.590. The van der Waals surface area contributed by atoms with E-state index in [1.807, 2.05) is 0 Å². The van der Waals surface area contributed by atoms with Crippen molar-refractivity contribution >= 4 is 0 Å². The summed E-state index contributed by atoms with van der Waals surface area (Å²) in [5, 5.41) is 11.8. The van der Waals surface area contributed by atoms with Crippen LogP contribution in [0.25, 0.3) is 0 Å². The molecule has 1 saturated heterocycles. The average Bonchev–Trinajstić information content (AvgIpc) is 2.15. The van der Waals surface area contributed by atoms with Gasteiger partial charge in [-0.3, -0.25) is 4.90 Å². The van der Waals surface area contributed by atoms with E-state index in [2.05, 4.69) is 23.2 Å². The van der Waals surface area contributed by atoms with Gasteiger partial charge in [0.1, 0.15) is 0 Å². The van der Waals surface area contributed by atoms with Gasteiger partial charge < -0.3 is 5.32 Å². The van der Waals surface area contributed by atoms with Crippen LogP contribution in [0.3, 0.4) is 0 Å². The summed E-state index contributed by atoms with van der Waals surface area (Å²) in [5.74, 6) is 0. The van der Waals surface area contributed by atoms with Gasteiger partial charge in [-0.2, -0.15) is 5.26 Å². The predicted molar refractivity (Wildman–Crippen MR) is 53.4 cm³/mol. The zero-order chi connectivity index (χ0) is 9.52. The Balaban J connectivity index is 2.09. The molecule has 1 unspecified atom stereocenters. The van der Waals surface area contributed by atoms with Crippen LogP contribution in [-0.4, -0.2) is 37.1 Å². The number of unbranched alkanes of at least 4 members (excludes halogenated alkanes) is 2. The van der Waals surface area contributed by atoms with Gasteiger partial charge >= 0.3 is 0 Å². The highest BCUT2D eigenvalue weighted by Gasteiger charge is 2.16. The van der Waals surface area contributed by atoms with Gasteiger partial charge in [-0.05, 0) is 26.3 Å². The van der Waals surface area contributed by atoms with Crippen LogP contribution in [0.15, 0.2) is 0 Å². The van der Waals surface area contributed by atoms with Crippen molar-refractivity contribution in [3.05, 3.63) is 0 Å². The quantitative estimate of drug-likeness (QED) is 0.657. The van der Waals surface area contributed by atoms with Gasteiger partial charge in [0.25, 0.3) is 0 Å². The maximum absolute atomic E-state index is 8.38. The van der Waals surface area contributed by atoms with Gasteiger partial charge in [-0.1, -0.05) is 0 Å². The molecule has 0 saturated carbocycles. The second-order valence-corrected chi connectivity index (χ2v) is 3.70. The summed E-state index contributed by atoms with van der Waals surface area (Å²) in [6, 6.07) is 2.85. The molecule has 0 spiro atoms. The highest BCUT2D eigenvalue weighted by molar-refractivity contribution is 4.76. The fourth-order valence-electron chi connectivity index (χ4n) is 1.73. The Kier molecular flexibility index (Phi) is 4.81. The second kappa shape index (κ2) is 5.95. The maximum atomic E-state index is 8.38. The Morgan fingerprint density at radius 3 is 3.08 bits per heavy atom. The number of piperazine rings is 1. The van der Waals surface area contributed by atoms with Crippen molar-refractivity contribution in [1.82, 2.24) is 10.2 Å². The maximum Gasteiger partial charge on any atom is 0.0621 e. The van der Waals surface area contributed by atoms with Crippen LogP contribution in [-0.2, 0) is 0 Å². The van der Waals surface area contributed by atoms with Crippen molar-refractivity contribution < 1.29 is 0 Å². The van der Waals surface area contributed by atoms with Crippen LogP contribution >= 0.6 is 0 Å². The molecule has 1 aliphatic rings. The highest BCUT2D eigenvalue weighted by atomic mass is 15.2. The molecule has 1 aliphatic heterocycles. The van der Waals surface area contributed by atoms with E-state index in [0.717, 1.165) is 39.0 Å². The molecule has 0 aromatic rings. The molecule has 1 fully saturated rings. The standard InChI is InChI=1S/C10H19N3/c1-10-9-12-6-8-13(10)7-4-2-3-5-11/h10,12H,2-4,6-9H2,1H3. The van der Waals surface area contributed by atoms with Crippen molar-refractivity contribution in [1.29, 1.82) is 5.26 Å². The summed E-state index contributed by atoms with van der Waals surface area (Å²) in [4.78, 5) is 2.51. The summed E-state index contributed by atoms with van der Waals surface area (Å²) in [7, 11) is 0. The third-order valence-corrected chi connectivity index (χ3v) is 2.62. The third kappa shape index (κ3) is 3.75. The molecule has 3 heteroatoms. The second-order valence-electron chi connectivity index (χ2n) is 3.70. The number of hydrogen-bond donors (Lipinski definition) is 1. The highest BCUT2D eigenvalue weighted by Crippen LogP contribution is 2.05. The lowest BCUT2D eigenvalue weighted by Crippen LogP contribution is -2.49. The van der Waals surface area contributed by atoms with Crippen molar-refractivity contribution in [2.24, 2.45) is 0 Å². The molecular formula is C10H19N3. The minimum atomic E-state index is 0.663. The molecular weight excluding hydrogens is 162 g/mol. The van der Waals surface area contributed by atoms with E-state index in [1.54, 1.807) is 0 Å². The summed E-state index contributed by atoms with van der Waals surface area (Å²) in [5.41, 5.74) is 0. The number of hydrogen-bond acceptors (Lipinski definition) is 3. The normalized spacial score (nSPS) is 24.2. The van der Waals surface area contributed by atoms with Gasteiger partial charge in [0.05, 0.1) is 6.07 Å². The lowest BCUT2D eigenvalue weighted by Gasteiger charge is -2.33. The van der Waals surface area contributed by atoms with Crippen LogP contribution in [0.4, 0.5) is 0 Å². The molecule has 0 aromatic carbocycles. The minimum absolute atomic E-state index is 0.663. The Labute approximate surface area is 80.7 Å². The predicted octanol–water partition coefficient (Wildman–Crippen LogP) is 0.974. The first-order valence-electron chi connectivity index (χ1n) is 5.16. The number of nitrogens with zero attached hydrogens (tertiary/aromatic N) is 2. The lowest BCUT2D eigenvalue weighted by molar-refractivity contribution is 0.171. The first-order chi connectivity index (χ1) is 6.34. The molecule has 0 amide bonds. The van der Waals surface area contributed by atoms with Crippen molar-refractivity contribution in [2.75, 3.05) is 26.2 Å². The Morgan fingerprint density at radius 2 is 2.38 bits per heavy atom. The van der Waals surface area contributed by atoms with Gasteiger partial charge in [-0.15, -0.1) is 0 Å². The first kappa shape index (κ1) is 10.5. The largest absolute Gasteiger partial charge is 0.314 e. The van der Waals surface area contributed by atoms with E-state index in [-0.39, 0.29) is 0 Å². The minimum Gasteiger partial charge on any atom is -0.314 e. The monoisotopic (exact) mass is 181 g/mol. The summed E-state index contributed by atoms with van der Waals surface area (Å²) in [6.07, 6.45) is 2.92. The third-order valence-electron chi connectivity index (χ3n) is 2.62.